The number of carbonyl (C=O) groups excluding carboxylic acids is 2. The second-order valence-corrected chi connectivity index (χ2v) is 7.65. The maximum atomic E-state index is 14.7. The largest absolute Gasteiger partial charge is 0.524 e. The van der Waals surface area contributed by atoms with Crippen molar-refractivity contribution in [2.75, 3.05) is 18.4 Å². The Morgan fingerprint density at radius 2 is 1.97 bits per heavy atom. The van der Waals surface area contributed by atoms with Gasteiger partial charge in [-0.3, -0.25) is 19.4 Å². The third kappa shape index (κ3) is 9.85. The number of anilines is 1. The molecule has 1 rings (SSSR count). The van der Waals surface area contributed by atoms with Gasteiger partial charge >= 0.3 is 7.82 Å². The summed E-state index contributed by atoms with van der Waals surface area (Å²) in [5.74, 6) is -1.74. The van der Waals surface area contributed by atoms with Crippen LogP contribution in [0.25, 0.3) is 0 Å². The van der Waals surface area contributed by atoms with Gasteiger partial charge in [0.2, 0.25) is 12.1 Å². The lowest BCUT2D eigenvalue weighted by molar-refractivity contribution is -0.126. The Morgan fingerprint density at radius 1 is 1.24 bits per heavy atom. The third-order valence-corrected chi connectivity index (χ3v) is 4.39. The van der Waals surface area contributed by atoms with Gasteiger partial charge in [0.15, 0.2) is 0 Å². The molecule has 0 aliphatic heterocycles. The van der Waals surface area contributed by atoms with Gasteiger partial charge in [0.1, 0.15) is 5.75 Å². The number of halogens is 1. The molecule has 1 unspecified atom stereocenters. The number of amides is 2. The second kappa shape index (κ2) is 12.5. The maximum absolute atomic E-state index is 14.7. The molecule has 0 aromatic heterocycles. The highest BCUT2D eigenvalue weighted by Gasteiger charge is 2.27. The molecule has 0 saturated heterocycles. The molecule has 0 saturated carbocycles. The van der Waals surface area contributed by atoms with Crippen molar-refractivity contribution in [3.63, 3.8) is 0 Å². The Labute approximate surface area is 169 Å². The highest BCUT2D eigenvalue weighted by Crippen LogP contribution is 2.42. The van der Waals surface area contributed by atoms with Gasteiger partial charge < -0.3 is 20.9 Å². The minimum atomic E-state index is -4.97. The number of rotatable bonds is 13. The SMILES string of the molecule is CCCCNC(=O)C(F)c1cc(NC(=O)CCCCCN)ccc1OP(=O)(O)O. The molecule has 164 valence electrons. The zero-order valence-corrected chi connectivity index (χ0v) is 17.3. The third-order valence-electron chi connectivity index (χ3n) is 3.95. The lowest BCUT2D eigenvalue weighted by Crippen LogP contribution is -2.28. The Bertz CT molecular complexity index is 728. The van der Waals surface area contributed by atoms with Crippen LogP contribution in [0.4, 0.5) is 10.1 Å². The van der Waals surface area contributed by atoms with E-state index in [0.29, 0.717) is 19.4 Å². The lowest BCUT2D eigenvalue weighted by Gasteiger charge is -2.16. The first-order valence-electron chi connectivity index (χ1n) is 9.48. The summed E-state index contributed by atoms with van der Waals surface area (Å²) in [6.07, 6.45) is 1.72. The molecule has 9 nitrogen and oxygen atoms in total. The summed E-state index contributed by atoms with van der Waals surface area (Å²) in [5.41, 5.74) is 5.20. The molecular weight excluding hydrogens is 404 g/mol. The van der Waals surface area contributed by atoms with Gasteiger partial charge in [0, 0.05) is 24.2 Å². The van der Waals surface area contributed by atoms with Crippen LogP contribution < -0.4 is 20.9 Å². The normalized spacial score (nSPS) is 12.3. The van der Waals surface area contributed by atoms with Gasteiger partial charge in [-0.25, -0.2) is 8.96 Å². The number of hydrogen-bond donors (Lipinski definition) is 5. The van der Waals surface area contributed by atoms with Crippen LogP contribution in [0, 0.1) is 0 Å². The highest BCUT2D eigenvalue weighted by molar-refractivity contribution is 7.46. The second-order valence-electron chi connectivity index (χ2n) is 6.49. The standard InChI is InChI=1S/C18H29FN3O6P/c1-2-3-11-21-18(24)17(19)14-12-13(8-9-15(14)28-29(25,26)27)22-16(23)7-5-4-6-10-20/h8-9,12,17H,2-7,10-11,20H2,1H3,(H,21,24)(H,22,23)(H2,25,26,27). The van der Waals surface area contributed by atoms with Crippen LogP contribution in [-0.4, -0.2) is 34.7 Å². The molecule has 0 aliphatic carbocycles. The van der Waals surface area contributed by atoms with E-state index in [4.69, 9.17) is 15.5 Å². The van der Waals surface area contributed by atoms with E-state index in [9.17, 15) is 18.5 Å². The van der Waals surface area contributed by atoms with Crippen LogP contribution in [-0.2, 0) is 14.2 Å². The van der Waals surface area contributed by atoms with Gasteiger partial charge in [0.05, 0.1) is 0 Å². The van der Waals surface area contributed by atoms with Crippen molar-refractivity contribution in [1.82, 2.24) is 5.32 Å². The number of alkyl halides is 1. The average molecular weight is 433 g/mol. The average Bonchev–Trinajstić information content (AvgIpc) is 2.65. The van der Waals surface area contributed by atoms with Crippen LogP contribution in [0.15, 0.2) is 18.2 Å². The molecule has 0 radical (unpaired) electrons. The fourth-order valence-corrected chi connectivity index (χ4v) is 2.91. The van der Waals surface area contributed by atoms with Gasteiger partial charge in [-0.1, -0.05) is 19.8 Å². The van der Waals surface area contributed by atoms with Crippen molar-refractivity contribution in [2.24, 2.45) is 5.73 Å². The van der Waals surface area contributed by atoms with E-state index in [1.807, 2.05) is 6.92 Å². The first-order chi connectivity index (χ1) is 13.7. The first-order valence-corrected chi connectivity index (χ1v) is 11.0. The summed E-state index contributed by atoms with van der Waals surface area (Å²) < 4.78 is 30.4. The summed E-state index contributed by atoms with van der Waals surface area (Å²) >= 11 is 0. The Morgan fingerprint density at radius 3 is 2.59 bits per heavy atom. The number of benzene rings is 1. The predicted molar refractivity (Wildman–Crippen MR) is 107 cm³/mol. The zero-order valence-electron chi connectivity index (χ0n) is 16.4. The summed E-state index contributed by atoms with van der Waals surface area (Å²) in [6, 6.07) is 3.55. The van der Waals surface area contributed by atoms with Crippen molar-refractivity contribution in [2.45, 2.75) is 51.6 Å². The molecule has 1 aromatic rings. The molecular formula is C18H29FN3O6P. The molecule has 2 amide bonds. The van der Waals surface area contributed by atoms with Crippen molar-refractivity contribution in [1.29, 1.82) is 0 Å². The van der Waals surface area contributed by atoms with E-state index < -0.39 is 25.7 Å². The van der Waals surface area contributed by atoms with Crippen molar-refractivity contribution in [3.8, 4) is 5.75 Å². The van der Waals surface area contributed by atoms with Crippen molar-refractivity contribution >= 4 is 25.3 Å². The summed E-state index contributed by atoms with van der Waals surface area (Å²) in [6.45, 7) is 2.72. The van der Waals surface area contributed by atoms with Crippen LogP contribution in [0.2, 0.25) is 0 Å². The van der Waals surface area contributed by atoms with Crippen molar-refractivity contribution in [3.05, 3.63) is 23.8 Å². The summed E-state index contributed by atoms with van der Waals surface area (Å²) in [5, 5.41) is 4.99. The van der Waals surface area contributed by atoms with E-state index in [2.05, 4.69) is 15.2 Å². The van der Waals surface area contributed by atoms with E-state index in [-0.39, 0.29) is 30.1 Å². The molecule has 0 spiro atoms. The highest BCUT2D eigenvalue weighted by atomic mass is 31.2. The van der Waals surface area contributed by atoms with E-state index in [0.717, 1.165) is 31.4 Å². The fourth-order valence-electron chi connectivity index (χ4n) is 2.48. The van der Waals surface area contributed by atoms with E-state index in [1.165, 1.54) is 6.07 Å². The number of hydrogen-bond acceptors (Lipinski definition) is 5. The quantitative estimate of drug-likeness (QED) is 0.237. The summed E-state index contributed by atoms with van der Waals surface area (Å²) in [4.78, 5) is 42.1. The van der Waals surface area contributed by atoms with Gasteiger partial charge in [-0.05, 0) is 44.0 Å². The molecule has 6 N–H and O–H groups in total. The molecule has 0 heterocycles. The smallest absolute Gasteiger partial charge is 0.404 e. The molecule has 11 heteroatoms. The predicted octanol–water partition coefficient (Wildman–Crippen LogP) is 2.54. The van der Waals surface area contributed by atoms with Gasteiger partial charge in [0.25, 0.3) is 5.91 Å². The number of phosphoric acid groups is 1. The Balaban J connectivity index is 2.96. The fraction of sp³-hybridized carbons (Fsp3) is 0.556. The molecule has 0 aliphatic rings. The molecule has 29 heavy (non-hydrogen) atoms. The number of phosphoric ester groups is 1. The summed E-state index contributed by atoms with van der Waals surface area (Å²) in [7, 11) is -4.97. The monoisotopic (exact) mass is 433 g/mol. The molecule has 1 aromatic carbocycles. The van der Waals surface area contributed by atoms with Crippen LogP contribution in [0.1, 0.15) is 57.2 Å². The molecule has 0 bridgehead atoms. The lowest BCUT2D eigenvalue weighted by atomic mass is 10.1. The van der Waals surface area contributed by atoms with Gasteiger partial charge in [-0.2, -0.15) is 0 Å². The molecule has 1 atom stereocenters. The van der Waals surface area contributed by atoms with Crippen LogP contribution in [0.5, 0.6) is 5.75 Å². The maximum Gasteiger partial charge on any atom is 0.524 e. The van der Waals surface area contributed by atoms with Crippen LogP contribution in [0.3, 0.4) is 0 Å². The minimum Gasteiger partial charge on any atom is -0.404 e. The minimum absolute atomic E-state index is 0.186. The van der Waals surface area contributed by atoms with E-state index in [1.54, 1.807) is 0 Å². The van der Waals surface area contributed by atoms with Crippen molar-refractivity contribution < 1.29 is 32.9 Å². The van der Waals surface area contributed by atoms with Gasteiger partial charge in [-0.15, -0.1) is 0 Å². The number of nitrogens with two attached hydrogens (primary N) is 1. The number of nitrogens with one attached hydrogen (secondary N) is 2. The Hall–Kier alpha value is -2.00. The zero-order chi connectivity index (χ0) is 21.9. The van der Waals surface area contributed by atoms with Crippen LogP contribution >= 0.6 is 7.82 Å². The number of carbonyl (C=O) groups is 2. The van der Waals surface area contributed by atoms with E-state index >= 15 is 0 Å². The number of unbranched alkanes of at least 4 members (excludes halogenated alkanes) is 3. The molecule has 0 fully saturated rings. The topological polar surface area (TPSA) is 151 Å². The first kappa shape index (κ1) is 25.0. The Kier molecular flexibility index (Phi) is 10.8.